The molecule has 1 aromatic heterocycles. The largest absolute Gasteiger partial charge is 0.464 e. The van der Waals surface area contributed by atoms with Gasteiger partial charge in [0.25, 0.3) is 0 Å². The number of unbranched alkanes of at least 4 members (excludes halogenated alkanes) is 24. The molecule has 12 nitrogen and oxygen atoms in total. The summed E-state index contributed by atoms with van der Waals surface area (Å²) < 4.78 is 18.7. The lowest BCUT2D eigenvalue weighted by atomic mass is 10.1. The number of aromatic nitrogens is 3. The lowest BCUT2D eigenvalue weighted by molar-refractivity contribution is -0.144. The first kappa shape index (κ1) is 61.9. The van der Waals surface area contributed by atoms with Crippen LogP contribution in [0.5, 0.6) is 0 Å². The topological polar surface area (TPSA) is 145 Å². The second kappa shape index (κ2) is 45.3. The average Bonchev–Trinajstić information content (AvgIpc) is 3.30. The van der Waals surface area contributed by atoms with E-state index < -0.39 is 35.0 Å². The van der Waals surface area contributed by atoms with Crippen molar-refractivity contribution in [2.75, 3.05) is 54.3 Å². The zero-order chi connectivity index (χ0) is 48.1. The number of carbonyl (C=O) groups excluding carboxylic acids is 3. The Bertz CT molecular complexity index is 1330. The number of hydrogen-bond acceptors (Lipinski definition) is 12. The first-order valence-corrected chi connectivity index (χ1v) is 29.9. The summed E-state index contributed by atoms with van der Waals surface area (Å²) in [7, 11) is 0. The molecule has 0 amide bonds. The summed E-state index contributed by atoms with van der Waals surface area (Å²) >= 11 is 5.15. The Morgan fingerprint density at radius 1 is 0.333 bits per heavy atom. The maximum atomic E-state index is 13.5. The number of nitrogens with zero attached hydrogens (tertiary/aromatic N) is 3. The summed E-state index contributed by atoms with van der Waals surface area (Å²) in [5.74, 6) is 3.57. The monoisotopic (exact) mass is 988 g/mol. The Labute approximate surface area is 412 Å². The van der Waals surface area contributed by atoms with E-state index >= 15 is 0 Å². The van der Waals surface area contributed by atoms with Crippen LogP contribution in [0.15, 0.2) is 14.4 Å². The quantitative estimate of drug-likeness (QED) is 0.0348. The molecule has 0 fully saturated rings. The maximum absolute atomic E-state index is 13.5. The third-order valence-electron chi connectivity index (χ3n) is 11.6. The Kier molecular flexibility index (Phi) is 42.5. The van der Waals surface area contributed by atoms with Crippen LogP contribution in [0.25, 0.3) is 0 Å². The number of thioether (sulfide) groups is 3. The van der Waals surface area contributed by atoms with Crippen LogP contribution >= 0.6 is 35.3 Å². The fourth-order valence-corrected chi connectivity index (χ4v) is 10.3. The molecule has 0 aliphatic carbocycles. The minimum absolute atomic E-state index is 0.215. The van der Waals surface area contributed by atoms with E-state index in [1.54, 1.807) is 35.3 Å². The molecule has 0 spiro atoms. The molecule has 1 rings (SSSR count). The van der Waals surface area contributed by atoms with Crippen molar-refractivity contribution in [3.63, 3.8) is 0 Å². The molecule has 0 atom stereocenters. The van der Waals surface area contributed by atoms with Gasteiger partial charge in [0.05, 0.1) is 38.9 Å². The molecule has 384 valence electrons. The molecule has 0 bridgehead atoms. The van der Waals surface area contributed by atoms with Crippen LogP contribution in [0.3, 0.4) is 0 Å². The predicted molar refractivity (Wildman–Crippen MR) is 280 cm³/mol. The van der Waals surface area contributed by atoms with Gasteiger partial charge in [-0.3, -0.25) is 14.4 Å². The zero-order valence-corrected chi connectivity index (χ0v) is 44.4. The average molecular weight is 989 g/mol. The van der Waals surface area contributed by atoms with Gasteiger partial charge >= 0.3 is 35.0 Å². The van der Waals surface area contributed by atoms with E-state index in [-0.39, 0.29) is 58.7 Å². The fraction of sp³-hybridized carbons (Fsp3) is 0.882. The number of esters is 3. The van der Waals surface area contributed by atoms with Crippen LogP contribution in [-0.4, -0.2) is 85.9 Å². The van der Waals surface area contributed by atoms with E-state index in [0.29, 0.717) is 17.3 Å². The molecular weight excluding hydrogens is 895 g/mol. The van der Waals surface area contributed by atoms with Crippen LogP contribution in [0.4, 0.5) is 0 Å². The zero-order valence-electron chi connectivity index (χ0n) is 41.9. The first-order chi connectivity index (χ1) is 32.3. The standard InChI is InChI=1S/C51H93N3O9S3/c1-4-7-10-13-16-19-22-25-28-40-64-43-31-46(55)61-37-34-52-49(58)53(35-38-62-47(56)32-44-65-41-29-26-23-20-17-14-11-8-5-2)51(60)54(50(52)59)36-39-63-48(57)33-45-66-42-30-27-24-21-18-15-12-9-6-3/h4-45H2,1-3H3. The van der Waals surface area contributed by atoms with Crippen molar-refractivity contribution >= 4 is 53.2 Å². The number of carbonyl (C=O) groups is 3. The Morgan fingerprint density at radius 2 is 0.545 bits per heavy atom. The highest BCUT2D eigenvalue weighted by molar-refractivity contribution is 7.99. The maximum Gasteiger partial charge on any atom is 0.336 e. The van der Waals surface area contributed by atoms with Crippen molar-refractivity contribution in [2.45, 2.75) is 233 Å². The van der Waals surface area contributed by atoms with Crippen molar-refractivity contribution in [2.24, 2.45) is 0 Å². The highest BCUT2D eigenvalue weighted by atomic mass is 32.2. The molecule has 0 radical (unpaired) electrons. The minimum atomic E-state index is -0.887. The van der Waals surface area contributed by atoms with Gasteiger partial charge in [-0.2, -0.15) is 35.3 Å². The fourth-order valence-electron chi connectivity index (χ4n) is 7.54. The van der Waals surface area contributed by atoms with E-state index in [0.717, 1.165) is 50.2 Å². The number of hydrogen-bond donors (Lipinski definition) is 0. The van der Waals surface area contributed by atoms with Gasteiger partial charge in [-0.15, -0.1) is 0 Å². The number of ether oxygens (including phenoxy) is 3. The molecule has 1 heterocycles. The van der Waals surface area contributed by atoms with Crippen LogP contribution < -0.4 is 17.1 Å². The third-order valence-corrected chi connectivity index (χ3v) is 14.9. The minimum Gasteiger partial charge on any atom is -0.464 e. The summed E-state index contributed by atoms with van der Waals surface area (Å²) in [6.07, 6.45) is 34.8. The van der Waals surface area contributed by atoms with E-state index in [1.807, 2.05) is 0 Å². The van der Waals surface area contributed by atoms with Gasteiger partial charge in [0.2, 0.25) is 0 Å². The summed E-state index contributed by atoms with van der Waals surface area (Å²) in [5.41, 5.74) is -2.66. The van der Waals surface area contributed by atoms with E-state index in [1.165, 1.54) is 154 Å². The molecular formula is C51H93N3O9S3. The molecule has 0 aromatic carbocycles. The lowest BCUT2D eigenvalue weighted by Crippen LogP contribution is -2.55. The van der Waals surface area contributed by atoms with E-state index in [9.17, 15) is 28.8 Å². The van der Waals surface area contributed by atoms with Gasteiger partial charge in [-0.05, 0) is 36.5 Å². The summed E-state index contributed by atoms with van der Waals surface area (Å²) in [5, 5.41) is 0. The molecule has 1 aromatic rings. The van der Waals surface area contributed by atoms with Crippen LogP contribution in [0, 0.1) is 0 Å². The van der Waals surface area contributed by atoms with Gasteiger partial charge in [0, 0.05) is 17.3 Å². The summed E-state index contributed by atoms with van der Waals surface area (Å²) in [4.78, 5) is 78.1. The van der Waals surface area contributed by atoms with Crippen molar-refractivity contribution < 1.29 is 28.6 Å². The smallest absolute Gasteiger partial charge is 0.336 e. The van der Waals surface area contributed by atoms with Crippen molar-refractivity contribution in [3.05, 3.63) is 31.5 Å². The molecule has 0 N–H and O–H groups in total. The number of rotatable bonds is 48. The van der Waals surface area contributed by atoms with Gasteiger partial charge < -0.3 is 14.2 Å². The van der Waals surface area contributed by atoms with E-state index in [4.69, 9.17) is 14.2 Å². The van der Waals surface area contributed by atoms with Crippen molar-refractivity contribution in [1.82, 2.24) is 13.7 Å². The molecule has 0 saturated heterocycles. The van der Waals surface area contributed by atoms with Crippen molar-refractivity contribution in [3.8, 4) is 0 Å². The molecule has 15 heteroatoms. The van der Waals surface area contributed by atoms with Gasteiger partial charge in [0.15, 0.2) is 0 Å². The molecule has 66 heavy (non-hydrogen) atoms. The van der Waals surface area contributed by atoms with Crippen molar-refractivity contribution in [1.29, 1.82) is 0 Å². The second-order valence-electron chi connectivity index (χ2n) is 17.5. The first-order valence-electron chi connectivity index (χ1n) is 26.4. The third kappa shape index (κ3) is 34.2. The van der Waals surface area contributed by atoms with Gasteiger partial charge in [-0.1, -0.05) is 175 Å². The van der Waals surface area contributed by atoms with Gasteiger partial charge in [-0.25, -0.2) is 28.1 Å². The van der Waals surface area contributed by atoms with Crippen LogP contribution in [0.1, 0.15) is 213 Å². The Hall–Kier alpha value is -2.13. The van der Waals surface area contributed by atoms with Crippen LogP contribution in [0.2, 0.25) is 0 Å². The normalized spacial score (nSPS) is 11.3. The molecule has 0 aliphatic heterocycles. The van der Waals surface area contributed by atoms with Gasteiger partial charge in [0.1, 0.15) is 19.8 Å². The predicted octanol–water partition coefficient (Wildman–Crippen LogP) is 11.8. The van der Waals surface area contributed by atoms with E-state index in [2.05, 4.69) is 20.8 Å². The molecule has 0 aliphatic rings. The SMILES string of the molecule is CCCCCCCCCCCSCCC(=O)OCCn1c(=O)n(CCOC(=O)CCSCCCCCCCCCCC)c(=O)n(CCOC(=O)CCSCCCCCCCCCCC)c1=O. The Morgan fingerprint density at radius 3 is 0.773 bits per heavy atom. The highest BCUT2D eigenvalue weighted by Crippen LogP contribution is 2.15. The summed E-state index contributed by atoms with van der Waals surface area (Å²) in [6.45, 7) is 5.22. The van der Waals surface area contributed by atoms with Crippen LogP contribution in [-0.2, 0) is 48.2 Å². The molecule has 0 saturated carbocycles. The second-order valence-corrected chi connectivity index (χ2v) is 21.2. The highest BCUT2D eigenvalue weighted by Gasteiger charge is 2.17. The molecule has 0 unspecified atom stereocenters. The lowest BCUT2D eigenvalue weighted by Gasteiger charge is -2.14. The summed E-state index contributed by atoms with van der Waals surface area (Å²) in [6, 6.07) is 0. The Balaban J connectivity index is 2.64.